The molecule has 0 aromatic heterocycles. The maximum Gasteiger partial charge on any atom is 0.307 e. The molecule has 0 spiro atoms. The number of sulfonamides is 1. The number of esters is 1. The molecule has 0 saturated carbocycles. The van der Waals surface area contributed by atoms with Crippen molar-refractivity contribution < 1.29 is 22.7 Å². The molecule has 2 unspecified atom stereocenters. The zero-order chi connectivity index (χ0) is 16.2. The van der Waals surface area contributed by atoms with Crippen molar-refractivity contribution in [3.05, 3.63) is 34.3 Å². The summed E-state index contributed by atoms with van der Waals surface area (Å²) in [4.78, 5) is 11.6. The van der Waals surface area contributed by atoms with Gasteiger partial charge in [-0.25, -0.2) is 13.1 Å². The molecule has 1 heterocycles. The van der Waals surface area contributed by atoms with Gasteiger partial charge in [-0.3, -0.25) is 4.79 Å². The molecule has 6 nitrogen and oxygen atoms in total. The number of rotatable bonds is 6. The van der Waals surface area contributed by atoms with Gasteiger partial charge in [0.2, 0.25) is 10.0 Å². The maximum absolute atomic E-state index is 12.4. The van der Waals surface area contributed by atoms with E-state index in [-0.39, 0.29) is 13.0 Å². The molecule has 1 fully saturated rings. The molecule has 2 rings (SSSR count). The van der Waals surface area contributed by atoms with E-state index in [0.29, 0.717) is 18.6 Å². The van der Waals surface area contributed by atoms with E-state index in [0.717, 1.165) is 4.47 Å². The van der Waals surface area contributed by atoms with E-state index in [9.17, 15) is 13.2 Å². The van der Waals surface area contributed by atoms with Gasteiger partial charge < -0.3 is 9.47 Å². The first-order chi connectivity index (χ1) is 10.4. The van der Waals surface area contributed by atoms with Crippen molar-refractivity contribution in [2.24, 2.45) is 0 Å². The lowest BCUT2D eigenvalue weighted by Gasteiger charge is -2.20. The SMILES string of the molecule is COC(=O)CC(NS(=O)(=O)C1CCOC1)c1cccc(Br)c1. The van der Waals surface area contributed by atoms with Crippen molar-refractivity contribution in [1.29, 1.82) is 0 Å². The van der Waals surface area contributed by atoms with Crippen LogP contribution in [0.1, 0.15) is 24.4 Å². The van der Waals surface area contributed by atoms with E-state index < -0.39 is 27.3 Å². The first-order valence-electron chi connectivity index (χ1n) is 6.83. The quantitative estimate of drug-likeness (QED) is 0.747. The minimum absolute atomic E-state index is 0.0697. The van der Waals surface area contributed by atoms with E-state index in [1.165, 1.54) is 7.11 Å². The Hall–Kier alpha value is -0.960. The van der Waals surface area contributed by atoms with Crippen LogP contribution in [0.25, 0.3) is 0 Å². The van der Waals surface area contributed by atoms with Crippen molar-refractivity contribution >= 4 is 31.9 Å². The lowest BCUT2D eigenvalue weighted by Crippen LogP contribution is -2.38. The molecule has 1 aliphatic heterocycles. The first-order valence-corrected chi connectivity index (χ1v) is 9.17. The molecule has 1 aromatic rings. The van der Waals surface area contributed by atoms with E-state index in [4.69, 9.17) is 4.74 Å². The van der Waals surface area contributed by atoms with Gasteiger partial charge in [-0.2, -0.15) is 0 Å². The van der Waals surface area contributed by atoms with E-state index in [1.807, 2.05) is 6.07 Å². The van der Waals surface area contributed by atoms with Crippen LogP contribution in [0.2, 0.25) is 0 Å². The summed E-state index contributed by atoms with van der Waals surface area (Å²) in [6.07, 6.45) is 0.387. The van der Waals surface area contributed by atoms with Gasteiger partial charge in [-0.15, -0.1) is 0 Å². The van der Waals surface area contributed by atoms with Crippen LogP contribution >= 0.6 is 15.9 Å². The molecule has 0 radical (unpaired) electrons. The first kappa shape index (κ1) is 17.4. The standard InChI is InChI=1S/C14H18BrNO5S/c1-20-14(17)8-13(10-3-2-4-11(15)7-10)16-22(18,19)12-5-6-21-9-12/h2-4,7,12-13,16H,5-6,8-9H2,1H3. The summed E-state index contributed by atoms with van der Waals surface area (Å²) in [5, 5.41) is -0.584. The van der Waals surface area contributed by atoms with Crippen molar-refractivity contribution in [2.45, 2.75) is 24.1 Å². The van der Waals surface area contributed by atoms with E-state index in [2.05, 4.69) is 25.4 Å². The Morgan fingerprint density at radius 3 is 2.91 bits per heavy atom. The summed E-state index contributed by atoms with van der Waals surface area (Å²) in [5.41, 5.74) is 0.697. The van der Waals surface area contributed by atoms with E-state index >= 15 is 0 Å². The number of benzene rings is 1. The molecule has 2 atom stereocenters. The molecule has 122 valence electrons. The molecule has 1 saturated heterocycles. The Bertz CT molecular complexity index is 628. The van der Waals surface area contributed by atoms with Crippen LogP contribution in [0, 0.1) is 0 Å². The van der Waals surface area contributed by atoms with Gasteiger partial charge >= 0.3 is 5.97 Å². The van der Waals surface area contributed by atoms with Crippen LogP contribution in [0.4, 0.5) is 0 Å². The van der Waals surface area contributed by atoms with Crippen LogP contribution < -0.4 is 4.72 Å². The number of carbonyl (C=O) groups excluding carboxylic acids is 1. The predicted octanol–water partition coefficient (Wildman–Crippen LogP) is 1.76. The monoisotopic (exact) mass is 391 g/mol. The van der Waals surface area contributed by atoms with E-state index in [1.54, 1.807) is 18.2 Å². The highest BCUT2D eigenvalue weighted by molar-refractivity contribution is 9.10. The molecule has 0 aliphatic carbocycles. The molecule has 1 aromatic carbocycles. The third kappa shape index (κ3) is 4.52. The molecule has 1 N–H and O–H groups in total. The molecule has 1 aliphatic rings. The number of hydrogen-bond acceptors (Lipinski definition) is 5. The molecule has 8 heteroatoms. The summed E-state index contributed by atoms with van der Waals surface area (Å²) in [6.45, 7) is 0.614. The summed E-state index contributed by atoms with van der Waals surface area (Å²) in [6, 6.07) is 6.50. The number of hydrogen-bond donors (Lipinski definition) is 1. The van der Waals surface area contributed by atoms with Gasteiger partial charge in [0, 0.05) is 11.1 Å². The molecular weight excluding hydrogens is 374 g/mol. The number of carbonyl (C=O) groups is 1. The van der Waals surface area contributed by atoms with Crippen molar-refractivity contribution in [3.63, 3.8) is 0 Å². The number of halogens is 1. The highest BCUT2D eigenvalue weighted by atomic mass is 79.9. The fourth-order valence-electron chi connectivity index (χ4n) is 2.25. The molecule has 22 heavy (non-hydrogen) atoms. The normalized spacial score (nSPS) is 19.8. The van der Waals surface area contributed by atoms with Gasteiger partial charge in [0.25, 0.3) is 0 Å². The van der Waals surface area contributed by atoms with Crippen molar-refractivity contribution in [3.8, 4) is 0 Å². The lowest BCUT2D eigenvalue weighted by molar-refractivity contribution is -0.141. The lowest BCUT2D eigenvalue weighted by atomic mass is 10.1. The Kier molecular flexibility index (Phi) is 5.96. The van der Waals surface area contributed by atoms with Crippen LogP contribution in [0.5, 0.6) is 0 Å². The Morgan fingerprint density at radius 1 is 1.55 bits per heavy atom. The second-order valence-corrected chi connectivity index (χ2v) is 7.94. The van der Waals surface area contributed by atoms with Crippen LogP contribution in [0.3, 0.4) is 0 Å². The summed E-state index contributed by atoms with van der Waals surface area (Å²) in [5.74, 6) is -0.477. The third-order valence-corrected chi connectivity index (χ3v) is 5.84. The minimum Gasteiger partial charge on any atom is -0.469 e. The zero-order valence-corrected chi connectivity index (χ0v) is 14.5. The predicted molar refractivity (Wildman–Crippen MR) is 84.8 cm³/mol. The average Bonchev–Trinajstić information content (AvgIpc) is 3.01. The number of methoxy groups -OCH3 is 1. The maximum atomic E-state index is 12.4. The molecule has 0 bridgehead atoms. The highest BCUT2D eigenvalue weighted by Gasteiger charge is 2.32. The fraction of sp³-hybridized carbons (Fsp3) is 0.500. The largest absolute Gasteiger partial charge is 0.469 e. The third-order valence-electron chi connectivity index (χ3n) is 3.48. The topological polar surface area (TPSA) is 81.7 Å². The summed E-state index contributed by atoms with van der Waals surface area (Å²) in [7, 11) is -2.29. The fourth-order valence-corrected chi connectivity index (χ4v) is 4.16. The van der Waals surface area contributed by atoms with Gasteiger partial charge in [0.05, 0.1) is 26.2 Å². The van der Waals surface area contributed by atoms with Crippen molar-refractivity contribution in [1.82, 2.24) is 4.72 Å². The zero-order valence-electron chi connectivity index (χ0n) is 12.1. The molecule has 0 amide bonds. The van der Waals surface area contributed by atoms with Gasteiger partial charge in [0.1, 0.15) is 5.25 Å². The molecular formula is C14H18BrNO5S. The van der Waals surface area contributed by atoms with Gasteiger partial charge in [-0.05, 0) is 24.1 Å². The number of ether oxygens (including phenoxy) is 2. The van der Waals surface area contributed by atoms with Crippen LogP contribution in [-0.4, -0.2) is 40.0 Å². The van der Waals surface area contributed by atoms with Gasteiger partial charge in [-0.1, -0.05) is 28.1 Å². The minimum atomic E-state index is -3.57. The van der Waals surface area contributed by atoms with Gasteiger partial charge in [0.15, 0.2) is 0 Å². The second-order valence-electron chi connectivity index (χ2n) is 5.04. The smallest absolute Gasteiger partial charge is 0.307 e. The van der Waals surface area contributed by atoms with Crippen LogP contribution in [0.15, 0.2) is 28.7 Å². The Morgan fingerprint density at radius 2 is 2.32 bits per heavy atom. The Labute approximate surface area is 138 Å². The second kappa shape index (κ2) is 7.54. The summed E-state index contributed by atoms with van der Waals surface area (Å²) >= 11 is 3.35. The Balaban J connectivity index is 2.22. The van der Waals surface area contributed by atoms with Crippen LogP contribution in [-0.2, 0) is 24.3 Å². The summed E-state index contributed by atoms with van der Waals surface area (Å²) < 4.78 is 38.1. The average molecular weight is 392 g/mol. The highest BCUT2D eigenvalue weighted by Crippen LogP contribution is 2.24. The number of nitrogens with one attached hydrogen (secondary N) is 1. The van der Waals surface area contributed by atoms with Crippen molar-refractivity contribution in [2.75, 3.05) is 20.3 Å².